The van der Waals surface area contributed by atoms with E-state index in [0.29, 0.717) is 46.5 Å². The van der Waals surface area contributed by atoms with E-state index in [9.17, 15) is 0 Å². The Balaban J connectivity index is 2.28. The van der Waals surface area contributed by atoms with E-state index < -0.39 is 0 Å². The van der Waals surface area contributed by atoms with Crippen molar-refractivity contribution in [2.24, 2.45) is 4.99 Å². The Labute approximate surface area is 164 Å². The van der Waals surface area contributed by atoms with Gasteiger partial charge in [0.25, 0.3) is 0 Å². The number of nitrogens with zero attached hydrogens (tertiary/aromatic N) is 3. The molecule has 1 aliphatic rings. The predicted octanol–water partition coefficient (Wildman–Crippen LogP) is 1.10. The number of rotatable bonds is 4. The van der Waals surface area contributed by atoms with E-state index in [0.717, 1.165) is 58.8 Å². The fourth-order valence-corrected chi connectivity index (χ4v) is 2.53. The van der Waals surface area contributed by atoms with Crippen LogP contribution >= 0.6 is 0 Å². The third-order valence-corrected chi connectivity index (χ3v) is 4.13. The van der Waals surface area contributed by atoms with E-state index in [4.69, 9.17) is 23.7 Å². The molecule has 0 spiro atoms. The molecule has 0 radical (unpaired) electrons. The Kier molecular flexibility index (Phi) is 17.0. The topological polar surface area (TPSA) is 65.0 Å². The summed E-state index contributed by atoms with van der Waals surface area (Å²) in [5, 5.41) is 0. The average Bonchev–Trinajstić information content (AvgIpc) is 2.67. The molecular formula is C19H39N3O5. The van der Waals surface area contributed by atoms with Crippen molar-refractivity contribution in [3.63, 3.8) is 0 Å². The molecular weight excluding hydrogens is 350 g/mol. The molecule has 1 aliphatic heterocycles. The summed E-state index contributed by atoms with van der Waals surface area (Å²) in [7, 11) is 2.11. The van der Waals surface area contributed by atoms with Crippen molar-refractivity contribution in [1.82, 2.24) is 9.80 Å². The van der Waals surface area contributed by atoms with Crippen LogP contribution < -0.4 is 0 Å². The van der Waals surface area contributed by atoms with Crippen molar-refractivity contribution < 1.29 is 23.7 Å². The van der Waals surface area contributed by atoms with Gasteiger partial charge in [-0.05, 0) is 33.0 Å². The molecule has 0 aliphatic carbocycles. The van der Waals surface area contributed by atoms with Crippen LogP contribution in [-0.2, 0) is 23.7 Å². The second-order valence-electron chi connectivity index (χ2n) is 6.48. The molecule has 8 heteroatoms. The standard InChI is InChI=1S/C19H39N3O5/c1-3-20-18-27-19-22-7-5-11-24-15-14-23-10-4-6-21(2)8-12-25-16-17-26-13-9-22/h3H,4-19H2,1-2H3. The highest BCUT2D eigenvalue weighted by Crippen LogP contribution is 1.96. The summed E-state index contributed by atoms with van der Waals surface area (Å²) in [5.41, 5.74) is 0. The highest BCUT2D eigenvalue weighted by atomic mass is 16.5. The van der Waals surface area contributed by atoms with Crippen LogP contribution in [0.5, 0.6) is 0 Å². The van der Waals surface area contributed by atoms with Crippen LogP contribution in [0, 0.1) is 0 Å². The Morgan fingerprint density at radius 1 is 0.778 bits per heavy atom. The smallest absolute Gasteiger partial charge is 0.138 e. The molecule has 0 amide bonds. The number of likely N-dealkylation sites (N-methyl/N-ethyl adjacent to an activating group) is 1. The van der Waals surface area contributed by atoms with Gasteiger partial charge in [-0.1, -0.05) is 0 Å². The van der Waals surface area contributed by atoms with Gasteiger partial charge in [-0.15, -0.1) is 0 Å². The highest BCUT2D eigenvalue weighted by molar-refractivity contribution is 5.52. The lowest BCUT2D eigenvalue weighted by Gasteiger charge is -2.22. The van der Waals surface area contributed by atoms with E-state index in [2.05, 4.69) is 21.8 Å². The largest absolute Gasteiger partial charge is 0.379 e. The molecule has 1 saturated heterocycles. The molecule has 8 nitrogen and oxygen atoms in total. The molecule has 0 aromatic heterocycles. The Hall–Kier alpha value is -0.610. The summed E-state index contributed by atoms with van der Waals surface area (Å²) in [6, 6.07) is 0. The van der Waals surface area contributed by atoms with Gasteiger partial charge in [-0.25, -0.2) is 0 Å². The molecule has 1 rings (SSSR count). The molecule has 0 atom stereocenters. The average molecular weight is 390 g/mol. The maximum absolute atomic E-state index is 5.69. The number of hydrogen-bond acceptors (Lipinski definition) is 8. The molecule has 0 aromatic rings. The molecule has 0 aromatic carbocycles. The number of aliphatic imine (C=N–C) groups is 1. The van der Waals surface area contributed by atoms with E-state index in [-0.39, 0.29) is 0 Å². The normalized spacial score (nSPS) is 22.7. The molecule has 0 unspecified atom stereocenters. The van der Waals surface area contributed by atoms with Crippen molar-refractivity contribution in [3.8, 4) is 0 Å². The second kappa shape index (κ2) is 18.7. The quantitative estimate of drug-likeness (QED) is 0.527. The van der Waals surface area contributed by atoms with Crippen LogP contribution in [0.15, 0.2) is 4.99 Å². The Bertz CT molecular complexity index is 347. The lowest BCUT2D eigenvalue weighted by Crippen LogP contribution is -2.32. The first-order valence-corrected chi connectivity index (χ1v) is 10.1. The lowest BCUT2D eigenvalue weighted by atomic mass is 10.4. The maximum Gasteiger partial charge on any atom is 0.138 e. The third kappa shape index (κ3) is 16.1. The summed E-state index contributed by atoms with van der Waals surface area (Å²) >= 11 is 0. The van der Waals surface area contributed by atoms with Gasteiger partial charge in [-0.3, -0.25) is 9.89 Å². The summed E-state index contributed by atoms with van der Waals surface area (Å²) in [6.45, 7) is 11.9. The van der Waals surface area contributed by atoms with Crippen LogP contribution in [-0.4, -0.2) is 116 Å². The Morgan fingerprint density at radius 3 is 2.04 bits per heavy atom. The van der Waals surface area contributed by atoms with E-state index in [1.54, 1.807) is 6.21 Å². The minimum absolute atomic E-state index is 0.393. The lowest BCUT2D eigenvalue weighted by molar-refractivity contribution is -0.00635. The molecule has 27 heavy (non-hydrogen) atoms. The van der Waals surface area contributed by atoms with Crippen molar-refractivity contribution in [1.29, 1.82) is 0 Å². The van der Waals surface area contributed by atoms with Gasteiger partial charge < -0.3 is 28.6 Å². The highest BCUT2D eigenvalue weighted by Gasteiger charge is 2.06. The monoisotopic (exact) mass is 389 g/mol. The molecule has 160 valence electrons. The molecule has 1 heterocycles. The first-order valence-electron chi connectivity index (χ1n) is 10.1. The fourth-order valence-electron chi connectivity index (χ4n) is 2.53. The minimum atomic E-state index is 0.393. The van der Waals surface area contributed by atoms with Crippen molar-refractivity contribution >= 4 is 6.21 Å². The van der Waals surface area contributed by atoms with E-state index in [1.165, 1.54) is 0 Å². The van der Waals surface area contributed by atoms with Crippen LogP contribution in [0.3, 0.4) is 0 Å². The third-order valence-electron chi connectivity index (χ3n) is 4.13. The zero-order chi connectivity index (χ0) is 19.4. The number of ether oxygens (including phenoxy) is 5. The first kappa shape index (κ1) is 24.4. The first-order chi connectivity index (χ1) is 13.3. The van der Waals surface area contributed by atoms with Crippen LogP contribution in [0.4, 0.5) is 0 Å². The fraction of sp³-hybridized carbons (Fsp3) is 0.947. The van der Waals surface area contributed by atoms with E-state index >= 15 is 0 Å². The zero-order valence-corrected chi connectivity index (χ0v) is 17.3. The summed E-state index contributed by atoms with van der Waals surface area (Å²) in [6.07, 6.45) is 3.73. The van der Waals surface area contributed by atoms with Crippen LogP contribution in [0.1, 0.15) is 19.8 Å². The zero-order valence-electron chi connectivity index (χ0n) is 17.3. The molecule has 0 bridgehead atoms. The molecule has 0 N–H and O–H groups in total. The van der Waals surface area contributed by atoms with Crippen LogP contribution in [0.25, 0.3) is 0 Å². The van der Waals surface area contributed by atoms with E-state index in [1.807, 2.05) is 6.92 Å². The molecule has 1 fully saturated rings. The van der Waals surface area contributed by atoms with Crippen molar-refractivity contribution in [2.45, 2.75) is 19.8 Å². The SMILES string of the molecule is CC=NCOCN1CCCOCCOCCCN(C)CCOCCOCC1. The summed E-state index contributed by atoms with van der Waals surface area (Å²) < 4.78 is 28.2. The number of hydrogen-bond donors (Lipinski definition) is 0. The van der Waals surface area contributed by atoms with Gasteiger partial charge in [0.2, 0.25) is 0 Å². The molecule has 0 saturated carbocycles. The second-order valence-corrected chi connectivity index (χ2v) is 6.48. The van der Waals surface area contributed by atoms with Gasteiger partial charge in [0.05, 0.1) is 39.6 Å². The van der Waals surface area contributed by atoms with Crippen molar-refractivity contribution in [2.75, 3.05) is 99.5 Å². The van der Waals surface area contributed by atoms with Crippen molar-refractivity contribution in [3.05, 3.63) is 0 Å². The minimum Gasteiger partial charge on any atom is -0.379 e. The van der Waals surface area contributed by atoms with Gasteiger partial charge in [0.1, 0.15) is 13.5 Å². The van der Waals surface area contributed by atoms with Gasteiger partial charge in [-0.2, -0.15) is 0 Å². The Morgan fingerprint density at radius 2 is 1.37 bits per heavy atom. The maximum atomic E-state index is 5.69. The van der Waals surface area contributed by atoms with Gasteiger partial charge in [0, 0.05) is 39.4 Å². The summed E-state index contributed by atoms with van der Waals surface area (Å²) in [4.78, 5) is 8.56. The summed E-state index contributed by atoms with van der Waals surface area (Å²) in [5.74, 6) is 0. The van der Waals surface area contributed by atoms with Gasteiger partial charge >= 0.3 is 0 Å². The predicted molar refractivity (Wildman–Crippen MR) is 107 cm³/mol. The van der Waals surface area contributed by atoms with Gasteiger partial charge in [0.15, 0.2) is 0 Å². The van der Waals surface area contributed by atoms with Crippen LogP contribution in [0.2, 0.25) is 0 Å².